The Morgan fingerprint density at radius 1 is 1.26 bits per heavy atom. The quantitative estimate of drug-likeness (QED) is 0.541. The zero-order chi connectivity index (χ0) is 14.3. The molecule has 114 valence electrons. The van der Waals surface area contributed by atoms with Gasteiger partial charge in [-0.2, -0.15) is 0 Å². The number of hydrogen-bond acceptors (Lipinski definition) is 4. The SMILES string of the molecule is CCN(CCCNC1CCCCCC1O)S(C)(=O)=O. The van der Waals surface area contributed by atoms with E-state index < -0.39 is 10.0 Å². The van der Waals surface area contributed by atoms with E-state index in [2.05, 4.69) is 5.32 Å². The van der Waals surface area contributed by atoms with Gasteiger partial charge in [0.05, 0.1) is 12.4 Å². The monoisotopic (exact) mass is 292 g/mol. The molecular weight excluding hydrogens is 264 g/mol. The lowest BCUT2D eigenvalue weighted by atomic mass is 10.1. The van der Waals surface area contributed by atoms with Crippen LogP contribution in [0, 0.1) is 0 Å². The first kappa shape index (κ1) is 16.9. The standard InChI is InChI=1S/C13H28N2O3S/c1-3-15(19(2,17)18)11-7-10-14-12-8-5-4-6-9-13(12)16/h12-14,16H,3-11H2,1-2H3. The molecule has 0 aromatic heterocycles. The van der Waals surface area contributed by atoms with Crippen LogP contribution in [0.15, 0.2) is 0 Å². The van der Waals surface area contributed by atoms with Crippen molar-refractivity contribution in [2.75, 3.05) is 25.9 Å². The van der Waals surface area contributed by atoms with E-state index in [1.54, 1.807) is 0 Å². The van der Waals surface area contributed by atoms with Gasteiger partial charge in [0.15, 0.2) is 0 Å². The second kappa shape index (κ2) is 8.19. The average Bonchev–Trinajstić information content (AvgIpc) is 2.53. The molecule has 1 rings (SSSR count). The summed E-state index contributed by atoms with van der Waals surface area (Å²) in [4.78, 5) is 0. The molecule has 1 aliphatic carbocycles. The van der Waals surface area contributed by atoms with Crippen molar-refractivity contribution in [3.05, 3.63) is 0 Å². The topological polar surface area (TPSA) is 69.6 Å². The Labute approximate surface area is 117 Å². The van der Waals surface area contributed by atoms with Crippen molar-refractivity contribution in [3.63, 3.8) is 0 Å². The smallest absolute Gasteiger partial charge is 0.211 e. The van der Waals surface area contributed by atoms with Crippen molar-refractivity contribution >= 4 is 10.0 Å². The highest BCUT2D eigenvalue weighted by Gasteiger charge is 2.21. The van der Waals surface area contributed by atoms with Crippen molar-refractivity contribution in [2.24, 2.45) is 0 Å². The van der Waals surface area contributed by atoms with Crippen LogP contribution >= 0.6 is 0 Å². The molecule has 5 nitrogen and oxygen atoms in total. The summed E-state index contributed by atoms with van der Waals surface area (Å²) in [5.41, 5.74) is 0. The van der Waals surface area contributed by atoms with Crippen LogP contribution in [0.4, 0.5) is 0 Å². The summed E-state index contributed by atoms with van der Waals surface area (Å²) >= 11 is 0. The molecule has 0 aromatic rings. The molecule has 6 heteroatoms. The molecule has 19 heavy (non-hydrogen) atoms. The molecular formula is C13H28N2O3S. The van der Waals surface area contributed by atoms with Gasteiger partial charge < -0.3 is 10.4 Å². The zero-order valence-corrected chi connectivity index (χ0v) is 13.0. The Hall–Kier alpha value is -0.170. The van der Waals surface area contributed by atoms with Gasteiger partial charge in [-0.05, 0) is 25.8 Å². The lowest BCUT2D eigenvalue weighted by molar-refractivity contribution is 0.120. The molecule has 0 saturated heterocycles. The van der Waals surface area contributed by atoms with E-state index in [1.807, 2.05) is 6.92 Å². The van der Waals surface area contributed by atoms with Gasteiger partial charge >= 0.3 is 0 Å². The minimum absolute atomic E-state index is 0.177. The Kier molecular flexibility index (Phi) is 7.28. The fraction of sp³-hybridized carbons (Fsp3) is 1.00. The van der Waals surface area contributed by atoms with Crippen molar-refractivity contribution < 1.29 is 13.5 Å². The summed E-state index contributed by atoms with van der Waals surface area (Å²) < 4.78 is 24.3. The number of aliphatic hydroxyl groups excluding tert-OH is 1. The molecule has 0 aliphatic heterocycles. The van der Waals surface area contributed by atoms with E-state index in [-0.39, 0.29) is 12.1 Å². The number of nitrogens with one attached hydrogen (secondary N) is 1. The van der Waals surface area contributed by atoms with Gasteiger partial charge in [-0.15, -0.1) is 0 Å². The van der Waals surface area contributed by atoms with E-state index in [9.17, 15) is 13.5 Å². The van der Waals surface area contributed by atoms with E-state index in [1.165, 1.54) is 23.4 Å². The third-order valence-electron chi connectivity index (χ3n) is 3.79. The first-order chi connectivity index (χ1) is 8.95. The maximum absolute atomic E-state index is 11.4. The average molecular weight is 292 g/mol. The number of sulfonamides is 1. The number of aliphatic hydroxyl groups is 1. The van der Waals surface area contributed by atoms with Crippen LogP contribution < -0.4 is 5.32 Å². The maximum atomic E-state index is 11.4. The van der Waals surface area contributed by atoms with Gasteiger partial charge in [-0.1, -0.05) is 26.2 Å². The van der Waals surface area contributed by atoms with E-state index in [4.69, 9.17) is 0 Å². The van der Waals surface area contributed by atoms with Gasteiger partial charge in [0.2, 0.25) is 10.0 Å². The molecule has 1 aliphatic rings. The summed E-state index contributed by atoms with van der Waals surface area (Å²) in [6.07, 6.45) is 7.15. The first-order valence-corrected chi connectivity index (χ1v) is 9.16. The molecule has 0 spiro atoms. The summed E-state index contributed by atoms with van der Waals surface area (Å²) in [6.45, 7) is 3.67. The Morgan fingerprint density at radius 3 is 2.58 bits per heavy atom. The summed E-state index contributed by atoms with van der Waals surface area (Å²) in [5.74, 6) is 0. The molecule has 1 fully saturated rings. The molecule has 0 aromatic carbocycles. The van der Waals surface area contributed by atoms with E-state index in [0.29, 0.717) is 13.1 Å². The van der Waals surface area contributed by atoms with Crippen LogP contribution in [0.1, 0.15) is 45.4 Å². The van der Waals surface area contributed by atoms with Crippen LogP contribution in [-0.2, 0) is 10.0 Å². The van der Waals surface area contributed by atoms with E-state index in [0.717, 1.165) is 32.2 Å². The fourth-order valence-electron chi connectivity index (χ4n) is 2.63. The predicted molar refractivity (Wildman–Crippen MR) is 77.6 cm³/mol. The maximum Gasteiger partial charge on any atom is 0.211 e. The molecule has 2 unspecified atom stereocenters. The van der Waals surface area contributed by atoms with Gasteiger partial charge in [-0.3, -0.25) is 0 Å². The Morgan fingerprint density at radius 2 is 1.95 bits per heavy atom. The van der Waals surface area contributed by atoms with Crippen LogP contribution in [0.5, 0.6) is 0 Å². The van der Waals surface area contributed by atoms with Crippen LogP contribution in [0.25, 0.3) is 0 Å². The second-order valence-corrected chi connectivity index (χ2v) is 7.36. The number of hydrogen-bond donors (Lipinski definition) is 2. The van der Waals surface area contributed by atoms with Gasteiger partial charge in [0.25, 0.3) is 0 Å². The molecule has 0 amide bonds. The third-order valence-corrected chi connectivity index (χ3v) is 5.17. The zero-order valence-electron chi connectivity index (χ0n) is 12.1. The lowest BCUT2D eigenvalue weighted by Gasteiger charge is -2.23. The molecule has 0 radical (unpaired) electrons. The number of nitrogens with zero attached hydrogens (tertiary/aromatic N) is 1. The number of rotatable bonds is 7. The van der Waals surface area contributed by atoms with Crippen molar-refractivity contribution in [1.82, 2.24) is 9.62 Å². The lowest BCUT2D eigenvalue weighted by Crippen LogP contribution is -2.40. The van der Waals surface area contributed by atoms with Gasteiger partial charge in [0.1, 0.15) is 0 Å². The summed E-state index contributed by atoms with van der Waals surface area (Å²) in [5, 5.41) is 13.3. The normalized spacial score (nSPS) is 25.5. The van der Waals surface area contributed by atoms with Crippen LogP contribution in [0.3, 0.4) is 0 Å². The molecule has 1 saturated carbocycles. The molecule has 2 atom stereocenters. The van der Waals surface area contributed by atoms with Crippen molar-refractivity contribution in [3.8, 4) is 0 Å². The minimum atomic E-state index is -3.08. The van der Waals surface area contributed by atoms with E-state index >= 15 is 0 Å². The van der Waals surface area contributed by atoms with Crippen LogP contribution in [-0.4, -0.2) is 55.9 Å². The Bertz CT molecular complexity index is 346. The van der Waals surface area contributed by atoms with Gasteiger partial charge in [0, 0.05) is 19.1 Å². The highest BCUT2D eigenvalue weighted by Crippen LogP contribution is 2.17. The minimum Gasteiger partial charge on any atom is -0.392 e. The largest absolute Gasteiger partial charge is 0.392 e. The first-order valence-electron chi connectivity index (χ1n) is 7.31. The highest BCUT2D eigenvalue weighted by atomic mass is 32.2. The van der Waals surface area contributed by atoms with Crippen molar-refractivity contribution in [2.45, 2.75) is 57.6 Å². The third kappa shape index (κ3) is 6.21. The highest BCUT2D eigenvalue weighted by molar-refractivity contribution is 7.88. The second-order valence-electron chi connectivity index (χ2n) is 5.37. The van der Waals surface area contributed by atoms with Gasteiger partial charge in [-0.25, -0.2) is 12.7 Å². The molecule has 0 heterocycles. The van der Waals surface area contributed by atoms with Crippen molar-refractivity contribution in [1.29, 1.82) is 0 Å². The Balaban J connectivity index is 2.26. The predicted octanol–water partition coefficient (Wildman–Crippen LogP) is 0.941. The fourth-order valence-corrected chi connectivity index (χ4v) is 3.56. The summed E-state index contributed by atoms with van der Waals surface area (Å²) in [7, 11) is -3.08. The molecule has 0 bridgehead atoms. The summed E-state index contributed by atoms with van der Waals surface area (Å²) in [6, 6.07) is 0.177. The van der Waals surface area contributed by atoms with Crippen LogP contribution in [0.2, 0.25) is 0 Å². The molecule has 2 N–H and O–H groups in total.